The van der Waals surface area contributed by atoms with Crippen LogP contribution in [0.2, 0.25) is 0 Å². The maximum Gasteiger partial charge on any atom is 0.123 e. The highest BCUT2D eigenvalue weighted by molar-refractivity contribution is 5.32. The third-order valence-corrected chi connectivity index (χ3v) is 3.15. The molecule has 0 radical (unpaired) electrons. The van der Waals surface area contributed by atoms with E-state index in [4.69, 9.17) is 15.2 Å². The second-order valence-electron chi connectivity index (χ2n) is 4.66. The fourth-order valence-electron chi connectivity index (χ4n) is 1.95. The van der Waals surface area contributed by atoms with Crippen LogP contribution in [0.15, 0.2) is 24.3 Å². The van der Waals surface area contributed by atoms with Gasteiger partial charge in [0, 0.05) is 32.3 Å². The molecule has 0 aliphatic rings. The van der Waals surface area contributed by atoms with E-state index in [0.717, 1.165) is 24.4 Å². The van der Waals surface area contributed by atoms with Gasteiger partial charge in [-0.3, -0.25) is 4.90 Å². The summed E-state index contributed by atoms with van der Waals surface area (Å²) in [7, 11) is 1.68. The van der Waals surface area contributed by atoms with Crippen molar-refractivity contribution in [3.05, 3.63) is 29.8 Å². The first-order valence-electron chi connectivity index (χ1n) is 7.01. The Balaban J connectivity index is 2.40. The average Bonchev–Trinajstić information content (AvgIpc) is 2.49. The van der Waals surface area contributed by atoms with Crippen LogP contribution in [0.5, 0.6) is 5.75 Å². The molecule has 1 rings (SSSR count). The molecule has 0 aliphatic heterocycles. The summed E-state index contributed by atoms with van der Waals surface area (Å²) >= 11 is 0. The second kappa shape index (κ2) is 9.72. The largest absolute Gasteiger partial charge is 0.491 e. The summed E-state index contributed by atoms with van der Waals surface area (Å²) in [6.07, 6.45) is -0.530. The highest BCUT2D eigenvalue weighted by atomic mass is 16.5. The number of ether oxygens (including phenoxy) is 2. The summed E-state index contributed by atoms with van der Waals surface area (Å²) in [6.45, 7) is 5.68. The maximum absolute atomic E-state index is 10.0. The van der Waals surface area contributed by atoms with Gasteiger partial charge in [0.2, 0.25) is 0 Å². The molecule has 1 aromatic rings. The number of likely N-dealkylation sites (N-methyl/N-ethyl adjacent to an activating group) is 1. The monoisotopic (exact) mass is 282 g/mol. The van der Waals surface area contributed by atoms with Gasteiger partial charge in [-0.2, -0.15) is 0 Å². The number of rotatable bonds is 10. The molecule has 0 bridgehead atoms. The van der Waals surface area contributed by atoms with E-state index in [1.165, 1.54) is 0 Å². The summed E-state index contributed by atoms with van der Waals surface area (Å²) in [5, 5.41) is 10.0. The zero-order valence-corrected chi connectivity index (χ0v) is 12.4. The molecular weight excluding hydrogens is 256 g/mol. The maximum atomic E-state index is 10.0. The predicted octanol–water partition coefficient (Wildman–Crippen LogP) is 0.853. The van der Waals surface area contributed by atoms with Crippen LogP contribution in [-0.2, 0) is 11.3 Å². The summed E-state index contributed by atoms with van der Waals surface area (Å²) in [6, 6.07) is 7.63. The first-order chi connectivity index (χ1) is 9.71. The Kier molecular flexibility index (Phi) is 8.22. The predicted molar refractivity (Wildman–Crippen MR) is 79.8 cm³/mol. The Labute approximate surface area is 121 Å². The number of para-hydroxylation sites is 1. The average molecular weight is 282 g/mol. The molecule has 5 heteroatoms. The molecule has 0 saturated carbocycles. The van der Waals surface area contributed by atoms with E-state index >= 15 is 0 Å². The minimum absolute atomic E-state index is 0.264. The Morgan fingerprint density at radius 1 is 1.35 bits per heavy atom. The van der Waals surface area contributed by atoms with Crippen LogP contribution >= 0.6 is 0 Å². The Hall–Kier alpha value is -1.14. The number of nitrogens with zero attached hydrogens (tertiary/aromatic N) is 1. The molecule has 20 heavy (non-hydrogen) atoms. The van der Waals surface area contributed by atoms with Gasteiger partial charge >= 0.3 is 0 Å². The van der Waals surface area contributed by atoms with Crippen molar-refractivity contribution in [2.45, 2.75) is 19.6 Å². The highest BCUT2D eigenvalue weighted by Crippen LogP contribution is 2.17. The summed E-state index contributed by atoms with van der Waals surface area (Å²) < 4.78 is 10.7. The first-order valence-corrected chi connectivity index (χ1v) is 7.01. The topological polar surface area (TPSA) is 68.0 Å². The van der Waals surface area contributed by atoms with E-state index in [1.807, 2.05) is 24.3 Å². The van der Waals surface area contributed by atoms with Crippen molar-refractivity contribution in [1.82, 2.24) is 4.90 Å². The van der Waals surface area contributed by atoms with E-state index in [2.05, 4.69) is 11.8 Å². The second-order valence-corrected chi connectivity index (χ2v) is 4.66. The normalized spacial score (nSPS) is 12.7. The van der Waals surface area contributed by atoms with Gasteiger partial charge in [-0.1, -0.05) is 25.1 Å². The smallest absolute Gasteiger partial charge is 0.123 e. The van der Waals surface area contributed by atoms with Crippen LogP contribution in [-0.4, -0.2) is 56.1 Å². The van der Waals surface area contributed by atoms with Crippen LogP contribution in [0.3, 0.4) is 0 Å². The lowest BCUT2D eigenvalue weighted by Gasteiger charge is -2.23. The van der Waals surface area contributed by atoms with Crippen molar-refractivity contribution in [3.63, 3.8) is 0 Å². The number of aliphatic hydroxyl groups excluding tert-OH is 1. The van der Waals surface area contributed by atoms with E-state index in [0.29, 0.717) is 19.7 Å². The van der Waals surface area contributed by atoms with Crippen molar-refractivity contribution in [2.75, 3.05) is 40.0 Å². The molecule has 0 amide bonds. The Morgan fingerprint density at radius 3 is 2.75 bits per heavy atom. The molecule has 0 aromatic heterocycles. The molecule has 0 aliphatic carbocycles. The van der Waals surface area contributed by atoms with Crippen molar-refractivity contribution in [1.29, 1.82) is 0 Å². The third kappa shape index (κ3) is 5.88. The van der Waals surface area contributed by atoms with Gasteiger partial charge in [-0.05, 0) is 12.6 Å². The first kappa shape index (κ1) is 16.9. The number of benzene rings is 1. The quantitative estimate of drug-likeness (QED) is 0.666. The highest BCUT2D eigenvalue weighted by Gasteiger charge is 2.11. The zero-order chi connectivity index (χ0) is 14.8. The van der Waals surface area contributed by atoms with E-state index in [-0.39, 0.29) is 6.61 Å². The lowest BCUT2D eigenvalue weighted by Crippen LogP contribution is -2.37. The molecule has 0 saturated heterocycles. The fourth-order valence-corrected chi connectivity index (χ4v) is 1.95. The number of hydrogen-bond acceptors (Lipinski definition) is 5. The minimum Gasteiger partial charge on any atom is -0.491 e. The number of aliphatic hydroxyl groups is 1. The summed E-state index contributed by atoms with van der Waals surface area (Å²) in [5.41, 5.74) is 6.60. The molecule has 5 nitrogen and oxygen atoms in total. The minimum atomic E-state index is -0.530. The molecule has 1 unspecified atom stereocenters. The number of hydrogen-bond donors (Lipinski definition) is 2. The van der Waals surface area contributed by atoms with Gasteiger partial charge in [-0.25, -0.2) is 0 Å². The van der Waals surface area contributed by atoms with Crippen LogP contribution in [0.1, 0.15) is 12.5 Å². The summed E-state index contributed by atoms with van der Waals surface area (Å²) in [4.78, 5) is 2.13. The molecule has 0 fully saturated rings. The summed E-state index contributed by atoms with van der Waals surface area (Å²) in [5.74, 6) is 0.744. The van der Waals surface area contributed by atoms with Crippen molar-refractivity contribution in [2.24, 2.45) is 5.73 Å². The van der Waals surface area contributed by atoms with Crippen molar-refractivity contribution >= 4 is 0 Å². The SMILES string of the molecule is CCN(CCOC)CC(O)COc1ccccc1CN. The van der Waals surface area contributed by atoms with Crippen LogP contribution in [0.25, 0.3) is 0 Å². The Bertz CT molecular complexity index is 374. The van der Waals surface area contributed by atoms with E-state index < -0.39 is 6.10 Å². The number of methoxy groups -OCH3 is 1. The van der Waals surface area contributed by atoms with Gasteiger partial charge in [0.05, 0.1) is 6.61 Å². The standard InChI is InChI=1S/C15H26N2O3/c1-3-17(8-9-19-2)11-14(18)12-20-15-7-5-4-6-13(15)10-16/h4-7,14,18H,3,8-12,16H2,1-2H3. The van der Waals surface area contributed by atoms with Crippen molar-refractivity contribution < 1.29 is 14.6 Å². The fraction of sp³-hybridized carbons (Fsp3) is 0.600. The van der Waals surface area contributed by atoms with Gasteiger partial charge < -0.3 is 20.3 Å². The van der Waals surface area contributed by atoms with Gasteiger partial charge in [-0.15, -0.1) is 0 Å². The zero-order valence-electron chi connectivity index (χ0n) is 12.4. The lowest BCUT2D eigenvalue weighted by atomic mass is 10.2. The van der Waals surface area contributed by atoms with Gasteiger partial charge in [0.15, 0.2) is 0 Å². The van der Waals surface area contributed by atoms with Gasteiger partial charge in [0.25, 0.3) is 0 Å². The van der Waals surface area contributed by atoms with Crippen LogP contribution in [0, 0.1) is 0 Å². The van der Waals surface area contributed by atoms with Crippen LogP contribution in [0.4, 0.5) is 0 Å². The molecule has 0 heterocycles. The van der Waals surface area contributed by atoms with Crippen LogP contribution < -0.4 is 10.5 Å². The molecular formula is C15H26N2O3. The molecule has 1 atom stereocenters. The molecule has 0 spiro atoms. The number of nitrogens with two attached hydrogens (primary N) is 1. The van der Waals surface area contributed by atoms with E-state index in [1.54, 1.807) is 7.11 Å². The molecule has 3 N–H and O–H groups in total. The van der Waals surface area contributed by atoms with E-state index in [9.17, 15) is 5.11 Å². The molecule has 1 aromatic carbocycles. The third-order valence-electron chi connectivity index (χ3n) is 3.15. The molecule has 114 valence electrons. The van der Waals surface area contributed by atoms with Crippen molar-refractivity contribution in [3.8, 4) is 5.75 Å². The van der Waals surface area contributed by atoms with Gasteiger partial charge in [0.1, 0.15) is 18.5 Å². The lowest BCUT2D eigenvalue weighted by molar-refractivity contribution is 0.0589. The Morgan fingerprint density at radius 2 is 2.10 bits per heavy atom.